The summed E-state index contributed by atoms with van der Waals surface area (Å²) in [6, 6.07) is 10.4. The number of piperazine rings is 1. The Kier molecular flexibility index (Phi) is 4.24. The molecule has 0 unspecified atom stereocenters. The standard InChI is InChI=1S/C18H26N2O2/c1-18(2,22)13-19-8-10-20(11-9-19)17(21)16-12-15(16)14-6-4-3-5-7-14/h3-7,15-16,22H,8-13H2,1-2H3/t15-,16+/m0/s1. The highest BCUT2D eigenvalue weighted by Crippen LogP contribution is 2.48. The van der Waals surface area contributed by atoms with Crippen LogP contribution in [-0.2, 0) is 4.79 Å². The van der Waals surface area contributed by atoms with E-state index in [0.717, 1.165) is 32.6 Å². The van der Waals surface area contributed by atoms with Crippen LogP contribution in [0.5, 0.6) is 0 Å². The molecule has 1 amide bonds. The molecule has 2 fully saturated rings. The highest BCUT2D eigenvalue weighted by atomic mass is 16.3. The number of hydrogen-bond acceptors (Lipinski definition) is 3. The Labute approximate surface area is 132 Å². The Balaban J connectivity index is 1.49. The van der Waals surface area contributed by atoms with Crippen LogP contribution in [0.3, 0.4) is 0 Å². The van der Waals surface area contributed by atoms with E-state index in [-0.39, 0.29) is 5.92 Å². The van der Waals surface area contributed by atoms with Gasteiger partial charge in [0.05, 0.1) is 5.60 Å². The minimum absolute atomic E-state index is 0.184. The Morgan fingerprint density at radius 3 is 2.41 bits per heavy atom. The molecule has 0 radical (unpaired) electrons. The molecule has 1 saturated carbocycles. The highest BCUT2D eigenvalue weighted by molar-refractivity contribution is 5.83. The van der Waals surface area contributed by atoms with Crippen molar-refractivity contribution in [1.29, 1.82) is 0 Å². The van der Waals surface area contributed by atoms with Crippen LogP contribution in [0, 0.1) is 5.92 Å². The van der Waals surface area contributed by atoms with Gasteiger partial charge in [-0.05, 0) is 31.7 Å². The monoisotopic (exact) mass is 302 g/mol. The van der Waals surface area contributed by atoms with Gasteiger partial charge >= 0.3 is 0 Å². The fourth-order valence-electron chi connectivity index (χ4n) is 3.44. The fourth-order valence-corrected chi connectivity index (χ4v) is 3.44. The molecular formula is C18H26N2O2. The van der Waals surface area contributed by atoms with E-state index in [1.165, 1.54) is 5.56 Å². The van der Waals surface area contributed by atoms with Gasteiger partial charge in [0.25, 0.3) is 0 Å². The smallest absolute Gasteiger partial charge is 0.226 e. The lowest BCUT2D eigenvalue weighted by molar-refractivity contribution is -0.134. The minimum Gasteiger partial charge on any atom is -0.389 e. The third kappa shape index (κ3) is 3.68. The first-order valence-electron chi connectivity index (χ1n) is 8.22. The molecule has 0 aromatic heterocycles. The van der Waals surface area contributed by atoms with Gasteiger partial charge in [0.2, 0.25) is 5.91 Å². The largest absolute Gasteiger partial charge is 0.389 e. The van der Waals surface area contributed by atoms with Crippen molar-refractivity contribution in [2.45, 2.75) is 31.8 Å². The summed E-state index contributed by atoms with van der Waals surface area (Å²) in [5.74, 6) is 0.920. The first-order valence-corrected chi connectivity index (χ1v) is 8.22. The van der Waals surface area contributed by atoms with Crippen LogP contribution >= 0.6 is 0 Å². The third-order valence-corrected chi connectivity index (χ3v) is 4.63. The van der Waals surface area contributed by atoms with Crippen molar-refractivity contribution in [2.75, 3.05) is 32.7 Å². The van der Waals surface area contributed by atoms with Gasteiger partial charge < -0.3 is 10.0 Å². The van der Waals surface area contributed by atoms with Crippen molar-refractivity contribution in [3.05, 3.63) is 35.9 Å². The van der Waals surface area contributed by atoms with Crippen molar-refractivity contribution in [1.82, 2.24) is 9.80 Å². The Hall–Kier alpha value is -1.39. The fraction of sp³-hybridized carbons (Fsp3) is 0.611. The molecule has 0 bridgehead atoms. The van der Waals surface area contributed by atoms with Crippen LogP contribution in [0.2, 0.25) is 0 Å². The van der Waals surface area contributed by atoms with Gasteiger partial charge in [-0.2, -0.15) is 0 Å². The molecule has 1 aliphatic carbocycles. The maximum absolute atomic E-state index is 12.6. The van der Waals surface area contributed by atoms with Gasteiger partial charge in [-0.25, -0.2) is 0 Å². The predicted molar refractivity (Wildman–Crippen MR) is 86.6 cm³/mol. The summed E-state index contributed by atoms with van der Waals surface area (Å²) in [5.41, 5.74) is 0.627. The third-order valence-electron chi connectivity index (χ3n) is 4.63. The lowest BCUT2D eigenvalue weighted by Crippen LogP contribution is -2.52. The van der Waals surface area contributed by atoms with Gasteiger partial charge in [-0.1, -0.05) is 30.3 Å². The Morgan fingerprint density at radius 1 is 1.18 bits per heavy atom. The van der Waals surface area contributed by atoms with Crippen LogP contribution < -0.4 is 0 Å². The molecule has 2 atom stereocenters. The molecule has 120 valence electrons. The molecule has 2 aliphatic rings. The van der Waals surface area contributed by atoms with Crippen molar-refractivity contribution in [3.8, 4) is 0 Å². The van der Waals surface area contributed by atoms with Crippen molar-refractivity contribution in [2.24, 2.45) is 5.92 Å². The van der Waals surface area contributed by atoms with Crippen molar-refractivity contribution >= 4 is 5.91 Å². The van der Waals surface area contributed by atoms with Crippen LogP contribution in [0.4, 0.5) is 0 Å². The second-order valence-corrected chi connectivity index (χ2v) is 7.27. The molecule has 4 heteroatoms. The van der Waals surface area contributed by atoms with Crippen LogP contribution in [0.1, 0.15) is 31.7 Å². The predicted octanol–water partition coefficient (Wildman–Crippen LogP) is 1.71. The summed E-state index contributed by atoms with van der Waals surface area (Å²) >= 11 is 0. The Morgan fingerprint density at radius 2 is 1.82 bits per heavy atom. The molecule has 1 saturated heterocycles. The molecule has 0 spiro atoms. The number of benzene rings is 1. The van der Waals surface area contributed by atoms with E-state index in [9.17, 15) is 9.90 Å². The topological polar surface area (TPSA) is 43.8 Å². The zero-order valence-electron chi connectivity index (χ0n) is 13.5. The maximum Gasteiger partial charge on any atom is 0.226 e. The van der Waals surface area contributed by atoms with Gasteiger partial charge in [0, 0.05) is 38.6 Å². The molecule has 4 nitrogen and oxygen atoms in total. The summed E-state index contributed by atoms with van der Waals surface area (Å²) in [5, 5.41) is 9.88. The summed E-state index contributed by atoms with van der Waals surface area (Å²) in [6.45, 7) is 7.63. The zero-order valence-corrected chi connectivity index (χ0v) is 13.5. The van der Waals surface area contributed by atoms with Gasteiger partial charge in [-0.15, -0.1) is 0 Å². The summed E-state index contributed by atoms with van der Waals surface area (Å²) in [4.78, 5) is 16.8. The number of rotatable bonds is 4. The van der Waals surface area contributed by atoms with E-state index in [4.69, 9.17) is 0 Å². The second-order valence-electron chi connectivity index (χ2n) is 7.27. The molecular weight excluding hydrogens is 276 g/mol. The number of aliphatic hydroxyl groups is 1. The van der Waals surface area contributed by atoms with Crippen LogP contribution in [0.25, 0.3) is 0 Å². The SMILES string of the molecule is CC(C)(O)CN1CCN(C(=O)[C@@H]2C[C@H]2c2ccccc2)CC1. The van der Waals surface area contributed by atoms with Gasteiger partial charge in [-0.3, -0.25) is 9.69 Å². The summed E-state index contributed by atoms with van der Waals surface area (Å²) < 4.78 is 0. The molecule has 1 N–H and O–H groups in total. The van der Waals surface area contributed by atoms with E-state index in [0.29, 0.717) is 18.4 Å². The average molecular weight is 302 g/mol. The van der Waals surface area contributed by atoms with E-state index < -0.39 is 5.60 Å². The number of amides is 1. The number of carbonyl (C=O) groups is 1. The quantitative estimate of drug-likeness (QED) is 0.921. The number of β-amino-alcohol motifs (C(OH)–C–C–N with tert-alkyl or cyclic N) is 1. The summed E-state index contributed by atoms with van der Waals surface area (Å²) in [7, 11) is 0. The Bertz CT molecular complexity index is 516. The lowest BCUT2D eigenvalue weighted by Gasteiger charge is -2.37. The molecule has 22 heavy (non-hydrogen) atoms. The summed E-state index contributed by atoms with van der Waals surface area (Å²) in [6.07, 6.45) is 0.993. The van der Waals surface area contributed by atoms with Gasteiger partial charge in [0.15, 0.2) is 0 Å². The number of nitrogens with zero attached hydrogens (tertiary/aromatic N) is 2. The van der Waals surface area contributed by atoms with E-state index in [2.05, 4.69) is 17.0 Å². The van der Waals surface area contributed by atoms with E-state index in [1.54, 1.807) is 0 Å². The van der Waals surface area contributed by atoms with Gasteiger partial charge in [0.1, 0.15) is 0 Å². The zero-order chi connectivity index (χ0) is 15.7. The van der Waals surface area contributed by atoms with Crippen LogP contribution in [-0.4, -0.2) is 59.1 Å². The highest BCUT2D eigenvalue weighted by Gasteiger charge is 2.46. The molecule has 1 aromatic carbocycles. The average Bonchev–Trinajstić information content (AvgIpc) is 3.27. The normalized spacial score (nSPS) is 26.0. The van der Waals surface area contributed by atoms with Crippen LogP contribution in [0.15, 0.2) is 30.3 Å². The first kappa shape index (κ1) is 15.5. The maximum atomic E-state index is 12.6. The first-order chi connectivity index (χ1) is 10.4. The molecule has 1 aliphatic heterocycles. The van der Waals surface area contributed by atoms with E-state index in [1.807, 2.05) is 36.9 Å². The van der Waals surface area contributed by atoms with Crippen molar-refractivity contribution < 1.29 is 9.90 Å². The lowest BCUT2D eigenvalue weighted by atomic mass is 10.1. The number of hydrogen-bond donors (Lipinski definition) is 1. The molecule has 3 rings (SSSR count). The molecule has 1 aromatic rings. The van der Waals surface area contributed by atoms with Crippen molar-refractivity contribution in [3.63, 3.8) is 0 Å². The molecule has 1 heterocycles. The number of carbonyl (C=O) groups excluding carboxylic acids is 1. The van der Waals surface area contributed by atoms with E-state index >= 15 is 0 Å². The second kappa shape index (κ2) is 6.01. The minimum atomic E-state index is -0.666.